The van der Waals surface area contributed by atoms with E-state index >= 15 is 0 Å². The van der Waals surface area contributed by atoms with Gasteiger partial charge in [-0.3, -0.25) is 4.79 Å². The van der Waals surface area contributed by atoms with Crippen LogP contribution in [0.1, 0.15) is 43.5 Å². The summed E-state index contributed by atoms with van der Waals surface area (Å²) in [4.78, 5) is 12.6. The summed E-state index contributed by atoms with van der Waals surface area (Å²) in [6.45, 7) is 10.8. The molecule has 0 bridgehead atoms. The number of sulfonamides is 1. The van der Waals surface area contributed by atoms with Gasteiger partial charge in [0.15, 0.2) is 6.54 Å². The fourth-order valence-corrected chi connectivity index (χ4v) is 4.74. The number of hydrogen-bond donors (Lipinski definition) is 2. The van der Waals surface area contributed by atoms with Gasteiger partial charge in [0.2, 0.25) is 10.0 Å². The van der Waals surface area contributed by atoms with E-state index in [1.165, 1.54) is 4.31 Å². The average molecular weight is 419 g/mol. The first-order valence-corrected chi connectivity index (χ1v) is 11.4. The summed E-state index contributed by atoms with van der Waals surface area (Å²) in [5.41, 5.74) is 3.92. The standard InChI is InChI=1S/C22H31N3O3S/c1-6-25(7-2)29(27,28)20-13-11-19(12-14-20)18(5)23-15-21(26)24-22-16(3)9-8-10-17(22)4/h8-14,18,23H,6-7,15H2,1-5H3,(H,24,26)/p+1/t18-/m1/s1. The molecule has 0 aromatic heterocycles. The number of nitrogens with zero attached hydrogens (tertiary/aromatic N) is 1. The molecule has 0 saturated carbocycles. The summed E-state index contributed by atoms with van der Waals surface area (Å²) in [6, 6.07) is 12.9. The molecule has 1 amide bonds. The highest BCUT2D eigenvalue weighted by molar-refractivity contribution is 7.89. The van der Waals surface area contributed by atoms with Crippen LogP contribution in [-0.2, 0) is 14.8 Å². The van der Waals surface area contributed by atoms with Crippen molar-refractivity contribution in [1.82, 2.24) is 4.31 Å². The molecule has 158 valence electrons. The Balaban J connectivity index is 1.99. The molecule has 2 aromatic rings. The number of aryl methyl sites for hydroxylation is 2. The normalized spacial score (nSPS) is 12.8. The van der Waals surface area contributed by atoms with E-state index in [9.17, 15) is 13.2 Å². The van der Waals surface area contributed by atoms with E-state index in [4.69, 9.17) is 0 Å². The number of hydrogen-bond acceptors (Lipinski definition) is 3. The van der Waals surface area contributed by atoms with E-state index in [1.54, 1.807) is 12.1 Å². The number of carbonyl (C=O) groups excluding carboxylic acids is 1. The summed E-state index contributed by atoms with van der Waals surface area (Å²) in [5.74, 6) is -0.0602. The van der Waals surface area contributed by atoms with Crippen LogP contribution in [0.15, 0.2) is 47.4 Å². The van der Waals surface area contributed by atoms with Gasteiger partial charge in [-0.2, -0.15) is 4.31 Å². The van der Waals surface area contributed by atoms with Gasteiger partial charge in [-0.15, -0.1) is 0 Å². The van der Waals surface area contributed by atoms with Gasteiger partial charge in [0.05, 0.1) is 4.90 Å². The van der Waals surface area contributed by atoms with E-state index < -0.39 is 10.0 Å². The second-order valence-electron chi connectivity index (χ2n) is 7.20. The van der Waals surface area contributed by atoms with Gasteiger partial charge in [-0.1, -0.05) is 44.2 Å². The van der Waals surface area contributed by atoms with E-state index in [-0.39, 0.29) is 18.5 Å². The third-order valence-corrected chi connectivity index (χ3v) is 7.22. The van der Waals surface area contributed by atoms with Crippen LogP contribution in [0.25, 0.3) is 0 Å². The Morgan fingerprint density at radius 2 is 1.59 bits per heavy atom. The van der Waals surface area contributed by atoms with E-state index in [1.807, 2.05) is 70.3 Å². The minimum atomic E-state index is -3.45. The van der Waals surface area contributed by atoms with Crippen LogP contribution in [0.4, 0.5) is 5.69 Å². The highest BCUT2D eigenvalue weighted by atomic mass is 32.2. The zero-order chi connectivity index (χ0) is 21.6. The molecule has 0 fully saturated rings. The van der Waals surface area contributed by atoms with Gasteiger partial charge < -0.3 is 10.6 Å². The van der Waals surface area contributed by atoms with Crippen LogP contribution in [0.3, 0.4) is 0 Å². The molecule has 2 rings (SSSR count). The Hall–Kier alpha value is -2.22. The topological polar surface area (TPSA) is 83.1 Å². The van der Waals surface area contributed by atoms with E-state index in [0.29, 0.717) is 18.0 Å². The summed E-state index contributed by atoms with van der Waals surface area (Å²) in [6.07, 6.45) is 0. The molecule has 0 aliphatic carbocycles. The molecule has 0 aliphatic rings. The van der Waals surface area contributed by atoms with Gasteiger partial charge in [-0.25, -0.2) is 8.42 Å². The number of nitrogens with one attached hydrogen (secondary N) is 1. The molecular weight excluding hydrogens is 386 g/mol. The zero-order valence-corrected chi connectivity index (χ0v) is 18.7. The number of para-hydroxylation sites is 1. The average Bonchev–Trinajstić information content (AvgIpc) is 2.70. The van der Waals surface area contributed by atoms with Crippen molar-refractivity contribution in [2.24, 2.45) is 0 Å². The maximum atomic E-state index is 12.6. The lowest BCUT2D eigenvalue weighted by atomic mass is 10.1. The van der Waals surface area contributed by atoms with Crippen molar-refractivity contribution >= 4 is 21.6 Å². The van der Waals surface area contributed by atoms with Crippen molar-refractivity contribution in [3.63, 3.8) is 0 Å². The highest BCUT2D eigenvalue weighted by Gasteiger charge is 2.22. The molecule has 2 aromatic carbocycles. The Morgan fingerprint density at radius 1 is 1.03 bits per heavy atom. The van der Waals surface area contributed by atoms with Gasteiger partial charge in [-0.05, 0) is 44.0 Å². The summed E-state index contributed by atoms with van der Waals surface area (Å²) in [7, 11) is -3.45. The minimum Gasteiger partial charge on any atom is -0.333 e. The fraction of sp³-hybridized carbons (Fsp3) is 0.409. The molecule has 3 N–H and O–H groups in total. The van der Waals surface area contributed by atoms with Crippen molar-refractivity contribution in [1.29, 1.82) is 0 Å². The number of anilines is 1. The number of carbonyl (C=O) groups is 1. The molecule has 0 spiro atoms. The lowest BCUT2D eigenvalue weighted by molar-refractivity contribution is -0.682. The van der Waals surface area contributed by atoms with Crippen molar-refractivity contribution in [3.05, 3.63) is 59.2 Å². The smallest absolute Gasteiger partial charge is 0.279 e. The molecule has 29 heavy (non-hydrogen) atoms. The first-order chi connectivity index (χ1) is 13.7. The lowest BCUT2D eigenvalue weighted by Gasteiger charge is -2.19. The molecule has 6 nitrogen and oxygen atoms in total. The molecule has 0 radical (unpaired) electrons. The maximum absolute atomic E-state index is 12.6. The highest BCUT2D eigenvalue weighted by Crippen LogP contribution is 2.19. The number of rotatable bonds is 9. The number of nitrogens with two attached hydrogens (primary N) is 1. The van der Waals surface area contributed by atoms with Gasteiger partial charge in [0, 0.05) is 24.3 Å². The number of benzene rings is 2. The van der Waals surface area contributed by atoms with Crippen LogP contribution in [0.2, 0.25) is 0 Å². The SMILES string of the molecule is CCN(CC)S(=O)(=O)c1ccc([C@@H](C)[NH2+]CC(=O)Nc2c(C)cccc2C)cc1. The Labute approximate surface area is 174 Å². The van der Waals surface area contributed by atoms with Crippen LogP contribution < -0.4 is 10.6 Å². The van der Waals surface area contributed by atoms with Crippen molar-refractivity contribution in [2.45, 2.75) is 45.6 Å². The summed E-state index contributed by atoms with van der Waals surface area (Å²) in [5, 5.41) is 4.93. The number of amides is 1. The second kappa shape index (κ2) is 10.0. The molecule has 0 unspecified atom stereocenters. The predicted molar refractivity (Wildman–Crippen MR) is 116 cm³/mol. The number of quaternary nitrogens is 1. The Morgan fingerprint density at radius 3 is 2.10 bits per heavy atom. The van der Waals surface area contributed by atoms with Gasteiger partial charge in [0.25, 0.3) is 5.91 Å². The first kappa shape index (κ1) is 23.1. The maximum Gasteiger partial charge on any atom is 0.279 e. The Bertz CT molecular complexity index is 916. The summed E-state index contributed by atoms with van der Waals surface area (Å²) >= 11 is 0. The van der Waals surface area contributed by atoms with Crippen molar-refractivity contribution in [3.8, 4) is 0 Å². The molecule has 1 atom stereocenters. The molecule has 0 aliphatic heterocycles. The third kappa shape index (κ3) is 5.65. The molecule has 7 heteroatoms. The fourth-order valence-electron chi connectivity index (χ4n) is 3.28. The third-order valence-electron chi connectivity index (χ3n) is 5.15. The van der Waals surface area contributed by atoms with Gasteiger partial charge >= 0.3 is 0 Å². The Kier molecular flexibility index (Phi) is 7.96. The molecule has 0 saturated heterocycles. The van der Waals surface area contributed by atoms with Crippen LogP contribution in [0, 0.1) is 13.8 Å². The van der Waals surface area contributed by atoms with Gasteiger partial charge in [0.1, 0.15) is 6.04 Å². The molecule has 0 heterocycles. The van der Waals surface area contributed by atoms with Crippen molar-refractivity contribution in [2.75, 3.05) is 25.0 Å². The van der Waals surface area contributed by atoms with Crippen LogP contribution in [-0.4, -0.2) is 38.3 Å². The second-order valence-corrected chi connectivity index (χ2v) is 9.14. The van der Waals surface area contributed by atoms with Crippen LogP contribution >= 0.6 is 0 Å². The lowest BCUT2D eigenvalue weighted by Crippen LogP contribution is -2.86. The van der Waals surface area contributed by atoms with E-state index in [2.05, 4.69) is 5.32 Å². The first-order valence-electron chi connectivity index (χ1n) is 10.00. The minimum absolute atomic E-state index is 0.0314. The van der Waals surface area contributed by atoms with Crippen molar-refractivity contribution < 1.29 is 18.5 Å². The monoisotopic (exact) mass is 418 g/mol. The molecular formula is C22H32N3O3S+. The summed E-state index contributed by atoms with van der Waals surface area (Å²) < 4.78 is 26.6. The predicted octanol–water partition coefficient (Wildman–Crippen LogP) is 2.60. The largest absolute Gasteiger partial charge is 0.333 e. The quantitative estimate of drug-likeness (QED) is 0.657. The van der Waals surface area contributed by atoms with Crippen LogP contribution in [0.5, 0.6) is 0 Å². The van der Waals surface area contributed by atoms with E-state index in [0.717, 1.165) is 22.4 Å². The zero-order valence-electron chi connectivity index (χ0n) is 17.9.